The third-order valence-electron chi connectivity index (χ3n) is 3.35. The first-order valence-electron chi connectivity index (χ1n) is 7.11. The number of rotatable bonds is 5. The van der Waals surface area contributed by atoms with Crippen LogP contribution in [0.4, 0.5) is 0 Å². The number of nitrogens with one attached hydrogen (secondary N) is 1. The minimum absolute atomic E-state index is 0.0244. The lowest BCUT2D eigenvalue weighted by Crippen LogP contribution is -2.23. The van der Waals surface area contributed by atoms with E-state index in [1.165, 1.54) is 0 Å². The summed E-state index contributed by atoms with van der Waals surface area (Å²) in [5.41, 5.74) is 2.01. The number of aryl methyl sites for hydroxylation is 1. The standard InChI is InChI=1S/C17H16N2O3S/c1-13-11-18-17(22-13)12-19-23(20,21)16-9-7-15(8-10-16)14-5-3-2-4-6-14/h2-11,19H,12H2,1H3. The van der Waals surface area contributed by atoms with E-state index in [1.807, 2.05) is 30.3 Å². The third kappa shape index (κ3) is 3.67. The Hall–Kier alpha value is -2.44. The molecule has 0 aliphatic rings. The van der Waals surface area contributed by atoms with Crippen LogP contribution in [0.15, 0.2) is 70.1 Å². The van der Waals surface area contributed by atoms with Gasteiger partial charge in [0.1, 0.15) is 5.76 Å². The van der Waals surface area contributed by atoms with Crippen molar-refractivity contribution in [1.29, 1.82) is 0 Å². The highest BCUT2D eigenvalue weighted by molar-refractivity contribution is 7.89. The van der Waals surface area contributed by atoms with E-state index in [4.69, 9.17) is 4.42 Å². The molecule has 0 atom stereocenters. The molecule has 118 valence electrons. The summed E-state index contributed by atoms with van der Waals surface area (Å²) in [5.74, 6) is 0.985. The Morgan fingerprint density at radius 3 is 2.26 bits per heavy atom. The molecule has 0 saturated heterocycles. The van der Waals surface area contributed by atoms with E-state index in [2.05, 4.69) is 9.71 Å². The topological polar surface area (TPSA) is 72.2 Å². The molecule has 0 unspecified atom stereocenters. The SMILES string of the molecule is Cc1cnc(CNS(=O)(=O)c2ccc(-c3ccccc3)cc2)o1. The average molecular weight is 328 g/mol. The van der Waals surface area contributed by atoms with Crippen LogP contribution in [0.1, 0.15) is 11.7 Å². The van der Waals surface area contributed by atoms with Crippen molar-refractivity contribution < 1.29 is 12.8 Å². The Labute approximate surface area is 135 Å². The van der Waals surface area contributed by atoms with Crippen molar-refractivity contribution in [3.05, 3.63) is 72.4 Å². The van der Waals surface area contributed by atoms with Crippen molar-refractivity contribution in [1.82, 2.24) is 9.71 Å². The van der Waals surface area contributed by atoms with Gasteiger partial charge in [-0.2, -0.15) is 0 Å². The zero-order valence-corrected chi connectivity index (χ0v) is 13.4. The van der Waals surface area contributed by atoms with Gasteiger partial charge in [-0.15, -0.1) is 0 Å². The Morgan fingerprint density at radius 2 is 1.65 bits per heavy atom. The molecule has 1 aromatic heterocycles. The van der Waals surface area contributed by atoms with Gasteiger partial charge in [-0.1, -0.05) is 42.5 Å². The van der Waals surface area contributed by atoms with Crippen molar-refractivity contribution in [3.63, 3.8) is 0 Å². The Morgan fingerprint density at radius 1 is 1.00 bits per heavy atom. The van der Waals surface area contributed by atoms with Crippen molar-refractivity contribution in [2.45, 2.75) is 18.4 Å². The lowest BCUT2D eigenvalue weighted by atomic mass is 10.1. The molecule has 0 radical (unpaired) electrons. The Kier molecular flexibility index (Phi) is 4.27. The van der Waals surface area contributed by atoms with Gasteiger partial charge < -0.3 is 4.42 Å². The summed E-state index contributed by atoms with van der Waals surface area (Å²) in [6.07, 6.45) is 1.55. The smallest absolute Gasteiger partial charge is 0.241 e. The van der Waals surface area contributed by atoms with Crippen LogP contribution < -0.4 is 4.72 Å². The lowest BCUT2D eigenvalue weighted by Gasteiger charge is -2.06. The summed E-state index contributed by atoms with van der Waals surface area (Å²) in [5, 5.41) is 0. The van der Waals surface area contributed by atoms with Crippen molar-refractivity contribution in [2.75, 3.05) is 0 Å². The van der Waals surface area contributed by atoms with Gasteiger partial charge in [0.15, 0.2) is 0 Å². The first-order chi connectivity index (χ1) is 11.0. The fourth-order valence-electron chi connectivity index (χ4n) is 2.18. The molecule has 0 fully saturated rings. The maximum atomic E-state index is 12.3. The van der Waals surface area contributed by atoms with Crippen molar-refractivity contribution in [2.24, 2.45) is 0 Å². The molecule has 23 heavy (non-hydrogen) atoms. The Bertz CT molecular complexity index is 885. The highest BCUT2D eigenvalue weighted by atomic mass is 32.2. The maximum absolute atomic E-state index is 12.3. The predicted octanol–water partition coefficient (Wildman–Crippen LogP) is 3.13. The molecule has 6 heteroatoms. The van der Waals surface area contributed by atoms with Crippen LogP contribution in [-0.2, 0) is 16.6 Å². The number of benzene rings is 2. The molecule has 3 rings (SSSR count). The summed E-state index contributed by atoms with van der Waals surface area (Å²) in [6, 6.07) is 16.5. The summed E-state index contributed by atoms with van der Waals surface area (Å²) in [4.78, 5) is 4.18. The van der Waals surface area contributed by atoms with Gasteiger partial charge in [0, 0.05) is 0 Å². The monoisotopic (exact) mass is 328 g/mol. The van der Waals surface area contributed by atoms with E-state index < -0.39 is 10.0 Å². The van der Waals surface area contributed by atoms with Gasteiger partial charge in [0.2, 0.25) is 15.9 Å². The van der Waals surface area contributed by atoms with E-state index in [0.717, 1.165) is 11.1 Å². The van der Waals surface area contributed by atoms with Crippen LogP contribution in [0.3, 0.4) is 0 Å². The van der Waals surface area contributed by atoms with Crippen molar-refractivity contribution in [3.8, 4) is 11.1 Å². The van der Waals surface area contributed by atoms with E-state index >= 15 is 0 Å². The second-order valence-electron chi connectivity index (χ2n) is 5.08. The molecule has 0 aliphatic heterocycles. The third-order valence-corrected chi connectivity index (χ3v) is 4.77. The fourth-order valence-corrected chi connectivity index (χ4v) is 3.15. The summed E-state index contributed by atoms with van der Waals surface area (Å²) < 4.78 is 32.3. The molecular weight excluding hydrogens is 312 g/mol. The molecule has 1 heterocycles. The lowest BCUT2D eigenvalue weighted by molar-refractivity contribution is 0.463. The minimum Gasteiger partial charge on any atom is -0.445 e. The quantitative estimate of drug-likeness (QED) is 0.781. The maximum Gasteiger partial charge on any atom is 0.241 e. The zero-order valence-electron chi connectivity index (χ0n) is 12.6. The molecule has 5 nitrogen and oxygen atoms in total. The fraction of sp³-hybridized carbons (Fsp3) is 0.118. The zero-order chi connectivity index (χ0) is 16.3. The molecular formula is C17H16N2O3S. The molecule has 0 bridgehead atoms. The Balaban J connectivity index is 1.75. The molecule has 0 spiro atoms. The average Bonchev–Trinajstić information content (AvgIpc) is 3.00. The molecule has 0 aliphatic carbocycles. The van der Waals surface area contributed by atoms with E-state index in [9.17, 15) is 8.42 Å². The van der Waals surface area contributed by atoms with E-state index in [0.29, 0.717) is 11.7 Å². The number of sulfonamides is 1. The minimum atomic E-state index is -3.60. The van der Waals surface area contributed by atoms with Gasteiger partial charge in [0.25, 0.3) is 0 Å². The summed E-state index contributed by atoms with van der Waals surface area (Å²) in [7, 11) is -3.60. The number of hydrogen-bond acceptors (Lipinski definition) is 4. The van der Waals surface area contributed by atoms with Gasteiger partial charge in [-0.3, -0.25) is 0 Å². The van der Waals surface area contributed by atoms with Gasteiger partial charge >= 0.3 is 0 Å². The van der Waals surface area contributed by atoms with Crippen LogP contribution in [0.5, 0.6) is 0 Å². The van der Waals surface area contributed by atoms with Gasteiger partial charge in [0.05, 0.1) is 17.6 Å². The molecule has 1 N–H and O–H groups in total. The van der Waals surface area contributed by atoms with Crippen LogP contribution >= 0.6 is 0 Å². The van der Waals surface area contributed by atoms with Gasteiger partial charge in [-0.05, 0) is 30.2 Å². The summed E-state index contributed by atoms with van der Waals surface area (Å²) in [6.45, 7) is 1.78. The second kappa shape index (κ2) is 6.36. The number of oxazole rings is 1. The summed E-state index contributed by atoms with van der Waals surface area (Å²) >= 11 is 0. The van der Waals surface area contributed by atoms with Gasteiger partial charge in [-0.25, -0.2) is 18.1 Å². The normalized spacial score (nSPS) is 11.5. The number of hydrogen-bond donors (Lipinski definition) is 1. The highest BCUT2D eigenvalue weighted by Gasteiger charge is 2.15. The first-order valence-corrected chi connectivity index (χ1v) is 8.59. The molecule has 0 saturated carbocycles. The molecule has 0 amide bonds. The largest absolute Gasteiger partial charge is 0.445 e. The number of nitrogens with zero attached hydrogens (tertiary/aromatic N) is 1. The van der Waals surface area contributed by atoms with Crippen LogP contribution in [-0.4, -0.2) is 13.4 Å². The van der Waals surface area contributed by atoms with Crippen molar-refractivity contribution >= 4 is 10.0 Å². The van der Waals surface area contributed by atoms with Crippen LogP contribution in [0.25, 0.3) is 11.1 Å². The van der Waals surface area contributed by atoms with Crippen LogP contribution in [0, 0.1) is 6.92 Å². The molecule has 3 aromatic rings. The second-order valence-corrected chi connectivity index (χ2v) is 6.85. The van der Waals surface area contributed by atoms with Crippen LogP contribution in [0.2, 0.25) is 0 Å². The van der Waals surface area contributed by atoms with E-state index in [-0.39, 0.29) is 11.4 Å². The van der Waals surface area contributed by atoms with E-state index in [1.54, 1.807) is 37.4 Å². The first kappa shape index (κ1) is 15.5. The highest BCUT2D eigenvalue weighted by Crippen LogP contribution is 2.21. The molecule has 2 aromatic carbocycles. The predicted molar refractivity (Wildman–Crippen MR) is 87.1 cm³/mol. The number of aromatic nitrogens is 1.